The maximum Gasteiger partial charge on any atom is 0.414 e. The number of ether oxygens (including phenoxy) is 2. The van der Waals surface area contributed by atoms with Gasteiger partial charge in [0.25, 0.3) is 0 Å². The number of hydrogen-bond donors (Lipinski definition) is 0. The Hall–Kier alpha value is -7.02. The van der Waals surface area contributed by atoms with E-state index in [1.807, 2.05) is 0 Å². The van der Waals surface area contributed by atoms with Gasteiger partial charge in [-0.25, -0.2) is 19.2 Å². The van der Waals surface area contributed by atoms with E-state index in [0.29, 0.717) is 21.9 Å². The smallest absolute Gasteiger partial charge is 0.414 e. The highest BCUT2D eigenvalue weighted by atomic mass is 79.9. The third kappa shape index (κ3) is 9.58. The van der Waals surface area contributed by atoms with Gasteiger partial charge in [0.05, 0.1) is 9.85 Å². The minimum Gasteiger partial charge on any atom is -0.422 e. The molecule has 6 aromatic rings. The maximum atomic E-state index is 14.5. The topological polar surface area (TPSA) is 206 Å². The second-order valence-electron chi connectivity index (χ2n) is 13.2. The Kier molecular flexibility index (Phi) is 13.2. The predicted octanol–water partition coefficient (Wildman–Crippen LogP) is 8.19. The third-order valence-electron chi connectivity index (χ3n) is 8.87. The summed E-state index contributed by atoms with van der Waals surface area (Å²) in [5, 5.41) is 23.3. The molecule has 0 aliphatic heterocycles. The number of hydrogen-bond acceptors (Lipinski definition) is 12. The lowest BCUT2D eigenvalue weighted by Crippen LogP contribution is -2.25. The van der Waals surface area contributed by atoms with Crippen LogP contribution in [0.1, 0.15) is 33.4 Å². The molecule has 59 heavy (non-hydrogen) atoms. The zero-order chi connectivity index (χ0) is 43.3. The van der Waals surface area contributed by atoms with E-state index in [2.05, 4.69) is 15.9 Å². The van der Waals surface area contributed by atoms with E-state index in [4.69, 9.17) is 18.3 Å². The summed E-state index contributed by atoms with van der Waals surface area (Å²) in [6, 6.07) is 16.8. The highest BCUT2D eigenvalue weighted by Crippen LogP contribution is 2.30. The van der Waals surface area contributed by atoms with Crippen LogP contribution in [0.4, 0.5) is 29.7 Å². The van der Waals surface area contributed by atoms with Gasteiger partial charge in [-0.1, -0.05) is 40.2 Å². The number of carbonyl (C=O) groups excluding carboxylic acids is 2. The number of rotatable bonds is 9. The maximum absolute atomic E-state index is 14.5. The number of nitrogens with zero attached hydrogens (tertiary/aromatic N) is 4. The summed E-state index contributed by atoms with van der Waals surface area (Å²) in [5.41, 5.74) is -0.822. The molecule has 0 spiro atoms. The molecule has 0 N–H and O–H groups in total. The summed E-state index contributed by atoms with van der Waals surface area (Å²) in [6.07, 6.45) is -1.50. The highest BCUT2D eigenvalue weighted by molar-refractivity contribution is 9.08. The van der Waals surface area contributed by atoms with Crippen molar-refractivity contribution in [1.29, 1.82) is 0 Å². The van der Waals surface area contributed by atoms with Crippen LogP contribution in [0.5, 0.6) is 11.5 Å². The highest BCUT2D eigenvalue weighted by Gasteiger charge is 2.23. The number of alkyl halides is 1. The van der Waals surface area contributed by atoms with E-state index in [1.165, 1.54) is 74.4 Å². The number of nitro groups is 2. The second kappa shape index (κ2) is 18.1. The minimum absolute atomic E-state index is 0.00887. The number of amides is 2. The summed E-state index contributed by atoms with van der Waals surface area (Å²) >= 11 is 3.34. The normalized spacial score (nSPS) is 10.8. The van der Waals surface area contributed by atoms with Gasteiger partial charge in [0.15, 0.2) is 0 Å². The SMILES string of the molecule is CN(C)C(=O)Oc1ccc2c(CBr)c(Cc3cccc([N+](=O)[O-])c3F)c(=O)oc2c1.Cc1c(Cc2cccc([N+](=O)[O-])c2F)c(=O)oc2cc(OC(=O)N(C)C)ccc12. The molecule has 2 amide bonds. The van der Waals surface area contributed by atoms with E-state index < -0.39 is 56.3 Å². The molecule has 0 aliphatic carbocycles. The summed E-state index contributed by atoms with van der Waals surface area (Å²) in [7, 11) is 6.14. The lowest BCUT2D eigenvalue weighted by atomic mass is 9.99. The fraction of sp³-hybridized carbons (Fsp3) is 0.200. The first-order chi connectivity index (χ1) is 27.9. The molecular weight excluding hydrogens is 846 g/mol. The van der Waals surface area contributed by atoms with Crippen LogP contribution < -0.4 is 20.7 Å². The number of nitro benzene ring substituents is 2. The summed E-state index contributed by atoms with van der Waals surface area (Å²) < 4.78 is 49.9. The Balaban J connectivity index is 0.000000224. The molecule has 0 bridgehead atoms. The van der Waals surface area contributed by atoms with Gasteiger partial charge < -0.3 is 28.1 Å². The number of benzene rings is 4. The number of fused-ring (bicyclic) bond motifs is 2. The Morgan fingerprint density at radius 1 is 0.678 bits per heavy atom. The lowest BCUT2D eigenvalue weighted by Gasteiger charge is -2.13. The Morgan fingerprint density at radius 2 is 1.10 bits per heavy atom. The Bertz CT molecular complexity index is 2770. The molecule has 16 nitrogen and oxygen atoms in total. The van der Waals surface area contributed by atoms with Crippen molar-refractivity contribution in [3.05, 3.63) is 159 Å². The molecule has 4 aromatic carbocycles. The van der Waals surface area contributed by atoms with Gasteiger partial charge in [-0.15, -0.1) is 0 Å². The summed E-state index contributed by atoms with van der Waals surface area (Å²) in [6.45, 7) is 1.68. The fourth-order valence-electron chi connectivity index (χ4n) is 5.77. The number of carbonyl (C=O) groups is 2. The zero-order valence-electron chi connectivity index (χ0n) is 31.9. The van der Waals surface area contributed by atoms with Crippen LogP contribution in [0.2, 0.25) is 0 Å². The molecule has 19 heteroatoms. The summed E-state index contributed by atoms with van der Waals surface area (Å²) in [4.78, 5) is 71.3. The average Bonchev–Trinajstić information content (AvgIpc) is 3.17. The van der Waals surface area contributed by atoms with E-state index in [-0.39, 0.29) is 63.1 Å². The van der Waals surface area contributed by atoms with Crippen molar-refractivity contribution < 1.29 is 46.5 Å². The molecule has 306 valence electrons. The van der Waals surface area contributed by atoms with Crippen LogP contribution in [0, 0.1) is 38.8 Å². The Morgan fingerprint density at radius 3 is 1.54 bits per heavy atom. The molecule has 0 aliphatic rings. The predicted molar refractivity (Wildman–Crippen MR) is 213 cm³/mol. The van der Waals surface area contributed by atoms with Crippen molar-refractivity contribution in [2.75, 3.05) is 28.2 Å². The monoisotopic (exact) mass is 878 g/mol. The van der Waals surface area contributed by atoms with E-state index in [1.54, 1.807) is 31.2 Å². The standard InChI is InChI=1S/C20H16BrFN2O6.C20H17FN2O6/c1-23(2)20(26)29-12-6-7-13-15(10-21)14(19(25)30-17(13)9-12)8-11-4-3-5-16(18(11)22)24(27)28;1-11-14-8-7-13(28-20(25)22(2)3)10-17(14)29-19(24)15(11)9-12-5-4-6-16(18(12)21)23(26)27/h3-7,9H,8,10H2,1-2H3;4-8,10H,9H2,1-3H3. The van der Waals surface area contributed by atoms with Gasteiger partial charge in [-0.3, -0.25) is 20.2 Å². The van der Waals surface area contributed by atoms with Crippen LogP contribution >= 0.6 is 15.9 Å². The minimum atomic E-state index is -0.992. The largest absolute Gasteiger partial charge is 0.422 e. The van der Waals surface area contributed by atoms with Crippen molar-refractivity contribution in [1.82, 2.24) is 9.80 Å². The van der Waals surface area contributed by atoms with Crippen LogP contribution in [0.3, 0.4) is 0 Å². The van der Waals surface area contributed by atoms with Crippen LogP contribution in [0.25, 0.3) is 21.9 Å². The molecule has 0 radical (unpaired) electrons. The second-order valence-corrected chi connectivity index (χ2v) is 13.7. The van der Waals surface area contributed by atoms with E-state index in [9.17, 15) is 48.2 Å². The first kappa shape index (κ1) is 43.1. The lowest BCUT2D eigenvalue weighted by molar-refractivity contribution is -0.387. The van der Waals surface area contributed by atoms with Crippen molar-refractivity contribution in [2.45, 2.75) is 25.1 Å². The quantitative estimate of drug-likeness (QED) is 0.0583. The van der Waals surface area contributed by atoms with Gasteiger partial charge >= 0.3 is 34.8 Å². The molecule has 0 unspecified atom stereocenters. The third-order valence-corrected chi connectivity index (χ3v) is 9.43. The first-order valence-electron chi connectivity index (χ1n) is 17.2. The van der Waals surface area contributed by atoms with Gasteiger partial charge in [0.1, 0.15) is 22.7 Å². The Labute approximate surface area is 340 Å². The molecule has 2 aromatic heterocycles. The van der Waals surface area contributed by atoms with Crippen LogP contribution in [0.15, 0.2) is 91.2 Å². The van der Waals surface area contributed by atoms with Crippen molar-refractivity contribution >= 4 is 61.4 Å². The first-order valence-corrected chi connectivity index (χ1v) is 18.4. The molecule has 6 rings (SSSR count). The van der Waals surface area contributed by atoms with Crippen molar-refractivity contribution in [3.63, 3.8) is 0 Å². The van der Waals surface area contributed by atoms with E-state index in [0.717, 1.165) is 12.1 Å². The van der Waals surface area contributed by atoms with Crippen LogP contribution in [-0.2, 0) is 18.2 Å². The van der Waals surface area contributed by atoms with Gasteiger partial charge in [0, 0.05) is 92.5 Å². The molecule has 0 saturated carbocycles. The number of aryl methyl sites for hydroxylation is 1. The van der Waals surface area contributed by atoms with E-state index >= 15 is 0 Å². The molecule has 0 fully saturated rings. The van der Waals surface area contributed by atoms with Crippen molar-refractivity contribution in [2.24, 2.45) is 0 Å². The molecule has 0 saturated heterocycles. The molecular formula is C40H33BrF2N4O12. The van der Waals surface area contributed by atoms with Crippen LogP contribution in [-0.4, -0.2) is 60.0 Å². The van der Waals surface area contributed by atoms with Crippen molar-refractivity contribution in [3.8, 4) is 11.5 Å². The summed E-state index contributed by atoms with van der Waals surface area (Å²) in [5.74, 6) is -1.57. The van der Waals surface area contributed by atoms with Gasteiger partial charge in [0.2, 0.25) is 11.6 Å². The van der Waals surface area contributed by atoms with Gasteiger partial charge in [-0.2, -0.15) is 8.78 Å². The van der Waals surface area contributed by atoms with Gasteiger partial charge in [-0.05, 0) is 53.4 Å². The number of halogens is 3. The zero-order valence-corrected chi connectivity index (χ0v) is 33.5. The molecule has 0 atom stereocenters. The molecule has 2 heterocycles. The fourth-order valence-corrected chi connectivity index (χ4v) is 6.41. The average molecular weight is 880 g/mol.